The molecule has 0 aliphatic heterocycles. The van der Waals surface area contributed by atoms with Crippen LogP contribution in [0.1, 0.15) is 12.5 Å². The Morgan fingerprint density at radius 3 is 2.32 bits per heavy atom. The van der Waals surface area contributed by atoms with Gasteiger partial charge in [0, 0.05) is 0 Å². The van der Waals surface area contributed by atoms with Crippen LogP contribution < -0.4 is 11.1 Å². The smallest absolute Gasteiger partial charge is 0.368 e. The zero-order valence-electron chi connectivity index (χ0n) is 9.81. The first-order chi connectivity index (χ1) is 8.56. The lowest BCUT2D eigenvalue weighted by Gasteiger charge is -2.29. The number of primary amides is 1. The summed E-state index contributed by atoms with van der Waals surface area (Å²) < 4.78 is 36.7. The van der Waals surface area contributed by atoms with Crippen molar-refractivity contribution in [2.75, 3.05) is 6.54 Å². The van der Waals surface area contributed by atoms with Crippen LogP contribution >= 0.6 is 23.2 Å². The van der Waals surface area contributed by atoms with Crippen molar-refractivity contribution in [3.05, 3.63) is 33.8 Å². The van der Waals surface area contributed by atoms with Gasteiger partial charge in [0.1, 0.15) is 5.54 Å². The van der Waals surface area contributed by atoms with Gasteiger partial charge in [0.2, 0.25) is 5.91 Å². The lowest BCUT2D eigenvalue weighted by atomic mass is 9.91. The number of nitrogens with one attached hydrogen (secondary N) is 1. The van der Waals surface area contributed by atoms with E-state index < -0.39 is 24.2 Å². The molecule has 3 N–H and O–H groups in total. The number of carbonyl (C=O) groups is 1. The molecule has 0 bridgehead atoms. The topological polar surface area (TPSA) is 55.1 Å². The molecule has 0 fully saturated rings. The summed E-state index contributed by atoms with van der Waals surface area (Å²) in [7, 11) is 0. The third kappa shape index (κ3) is 3.99. The monoisotopic (exact) mass is 314 g/mol. The Morgan fingerprint density at radius 2 is 1.89 bits per heavy atom. The van der Waals surface area contributed by atoms with E-state index in [1.54, 1.807) is 0 Å². The molecule has 1 rings (SSSR count). The molecular formula is C11H11Cl2F3N2O. The zero-order chi connectivity index (χ0) is 14.8. The second kappa shape index (κ2) is 5.56. The maximum Gasteiger partial charge on any atom is 0.401 e. The summed E-state index contributed by atoms with van der Waals surface area (Å²) >= 11 is 11.5. The third-order valence-corrected chi connectivity index (χ3v) is 3.37. The van der Waals surface area contributed by atoms with E-state index in [2.05, 4.69) is 5.32 Å². The van der Waals surface area contributed by atoms with E-state index in [1.165, 1.54) is 25.1 Å². The van der Waals surface area contributed by atoms with Crippen molar-refractivity contribution in [3.8, 4) is 0 Å². The summed E-state index contributed by atoms with van der Waals surface area (Å²) in [4.78, 5) is 11.5. The molecule has 1 amide bonds. The van der Waals surface area contributed by atoms with Crippen LogP contribution in [0.25, 0.3) is 0 Å². The summed E-state index contributed by atoms with van der Waals surface area (Å²) in [5.74, 6) is -0.949. The highest BCUT2D eigenvalue weighted by Gasteiger charge is 2.38. The molecule has 1 atom stereocenters. The molecule has 0 aliphatic rings. The van der Waals surface area contributed by atoms with Gasteiger partial charge in [-0.15, -0.1) is 0 Å². The first kappa shape index (κ1) is 16.1. The molecular weight excluding hydrogens is 304 g/mol. The second-order valence-electron chi connectivity index (χ2n) is 4.09. The van der Waals surface area contributed by atoms with Gasteiger partial charge in [0.15, 0.2) is 0 Å². The van der Waals surface area contributed by atoms with Crippen molar-refractivity contribution in [1.82, 2.24) is 5.32 Å². The Balaban J connectivity index is 3.11. The number of hydrogen-bond acceptors (Lipinski definition) is 2. The largest absolute Gasteiger partial charge is 0.401 e. The highest BCUT2D eigenvalue weighted by molar-refractivity contribution is 6.42. The lowest BCUT2D eigenvalue weighted by molar-refractivity contribution is -0.135. The number of hydrogen-bond donors (Lipinski definition) is 2. The number of nitrogens with two attached hydrogens (primary N) is 1. The number of amides is 1. The molecule has 0 saturated carbocycles. The number of carbonyl (C=O) groups excluding carboxylic acids is 1. The number of halogens is 5. The second-order valence-corrected chi connectivity index (χ2v) is 4.90. The van der Waals surface area contributed by atoms with Gasteiger partial charge < -0.3 is 5.73 Å². The van der Waals surface area contributed by atoms with Crippen LogP contribution in [0.3, 0.4) is 0 Å². The molecule has 19 heavy (non-hydrogen) atoms. The maximum absolute atomic E-state index is 12.2. The van der Waals surface area contributed by atoms with Gasteiger partial charge in [0.05, 0.1) is 16.6 Å². The van der Waals surface area contributed by atoms with E-state index in [0.29, 0.717) is 0 Å². The average molecular weight is 315 g/mol. The fourth-order valence-electron chi connectivity index (χ4n) is 1.42. The Hall–Kier alpha value is -0.980. The molecule has 1 aromatic rings. The van der Waals surface area contributed by atoms with E-state index in [9.17, 15) is 18.0 Å². The van der Waals surface area contributed by atoms with Gasteiger partial charge in [-0.3, -0.25) is 10.1 Å². The fraction of sp³-hybridized carbons (Fsp3) is 0.364. The minimum absolute atomic E-state index is 0.125. The molecule has 0 radical (unpaired) electrons. The van der Waals surface area contributed by atoms with Crippen LogP contribution in [0.15, 0.2) is 18.2 Å². The summed E-state index contributed by atoms with van der Waals surface area (Å²) in [6, 6.07) is 4.08. The van der Waals surface area contributed by atoms with E-state index in [4.69, 9.17) is 28.9 Å². The van der Waals surface area contributed by atoms with Gasteiger partial charge in [-0.2, -0.15) is 13.2 Å². The fourth-order valence-corrected chi connectivity index (χ4v) is 1.71. The predicted molar refractivity (Wildman–Crippen MR) is 67.1 cm³/mol. The molecule has 3 nitrogen and oxygen atoms in total. The van der Waals surface area contributed by atoms with Gasteiger partial charge in [-0.05, 0) is 24.6 Å². The molecule has 8 heteroatoms. The molecule has 0 aliphatic carbocycles. The van der Waals surface area contributed by atoms with E-state index >= 15 is 0 Å². The van der Waals surface area contributed by atoms with Gasteiger partial charge >= 0.3 is 6.18 Å². The Bertz CT molecular complexity index is 493. The summed E-state index contributed by atoms with van der Waals surface area (Å²) in [6.07, 6.45) is -4.47. The molecule has 0 aromatic heterocycles. The van der Waals surface area contributed by atoms with Crippen LogP contribution in [0.2, 0.25) is 10.0 Å². The summed E-state index contributed by atoms with van der Waals surface area (Å²) in [5.41, 5.74) is 3.69. The molecule has 106 valence electrons. The minimum atomic E-state index is -4.47. The Labute approximate surface area is 117 Å². The number of benzene rings is 1. The van der Waals surface area contributed by atoms with Crippen molar-refractivity contribution >= 4 is 29.1 Å². The molecule has 0 spiro atoms. The zero-order valence-corrected chi connectivity index (χ0v) is 11.3. The number of rotatable bonds is 4. The van der Waals surface area contributed by atoms with Crippen molar-refractivity contribution in [3.63, 3.8) is 0 Å². The Kier molecular flexibility index (Phi) is 4.71. The predicted octanol–water partition coefficient (Wildman–Crippen LogP) is 2.85. The van der Waals surface area contributed by atoms with Crippen molar-refractivity contribution in [2.45, 2.75) is 18.6 Å². The van der Waals surface area contributed by atoms with Crippen molar-refractivity contribution in [2.24, 2.45) is 5.73 Å². The highest BCUT2D eigenvalue weighted by Crippen LogP contribution is 2.29. The van der Waals surface area contributed by atoms with Gasteiger partial charge in [0.25, 0.3) is 0 Å². The lowest BCUT2D eigenvalue weighted by Crippen LogP contribution is -2.53. The Morgan fingerprint density at radius 1 is 1.32 bits per heavy atom. The van der Waals surface area contributed by atoms with Crippen LogP contribution in [0.5, 0.6) is 0 Å². The standard InChI is InChI=1S/C11H11Cl2F3N2O/c1-10(9(17)19,18-5-11(14,15)16)6-2-3-7(12)8(13)4-6/h2-4,18H,5H2,1H3,(H2,17,19). The van der Waals surface area contributed by atoms with Crippen molar-refractivity contribution in [1.29, 1.82) is 0 Å². The summed E-state index contributed by atoms with van der Waals surface area (Å²) in [6.45, 7) is -0.104. The maximum atomic E-state index is 12.2. The summed E-state index contributed by atoms with van der Waals surface area (Å²) in [5, 5.41) is 2.45. The normalized spacial score (nSPS) is 15.1. The van der Waals surface area contributed by atoms with Gasteiger partial charge in [-0.25, -0.2) is 0 Å². The first-order valence-corrected chi connectivity index (χ1v) is 5.89. The van der Waals surface area contributed by atoms with E-state index in [1.807, 2.05) is 0 Å². The van der Waals surface area contributed by atoms with Crippen molar-refractivity contribution < 1.29 is 18.0 Å². The van der Waals surface area contributed by atoms with E-state index in [0.717, 1.165) is 0 Å². The average Bonchev–Trinajstić information content (AvgIpc) is 2.28. The van der Waals surface area contributed by atoms with E-state index in [-0.39, 0.29) is 15.6 Å². The van der Waals surface area contributed by atoms with Crippen LogP contribution in [0.4, 0.5) is 13.2 Å². The van der Waals surface area contributed by atoms with Crippen LogP contribution in [0, 0.1) is 0 Å². The molecule has 1 unspecified atom stereocenters. The first-order valence-electron chi connectivity index (χ1n) is 5.13. The third-order valence-electron chi connectivity index (χ3n) is 2.63. The molecule has 1 aromatic carbocycles. The minimum Gasteiger partial charge on any atom is -0.368 e. The van der Waals surface area contributed by atoms with Crippen LogP contribution in [-0.4, -0.2) is 18.6 Å². The van der Waals surface area contributed by atoms with Crippen LogP contribution in [-0.2, 0) is 10.3 Å². The molecule has 0 heterocycles. The SMILES string of the molecule is CC(NCC(F)(F)F)(C(N)=O)c1ccc(Cl)c(Cl)c1. The number of alkyl halides is 3. The quantitative estimate of drug-likeness (QED) is 0.898. The van der Waals surface area contributed by atoms with Gasteiger partial charge in [-0.1, -0.05) is 29.3 Å². The highest BCUT2D eigenvalue weighted by atomic mass is 35.5. The molecule has 0 saturated heterocycles.